The lowest BCUT2D eigenvalue weighted by atomic mass is 9.63. The van der Waals surface area contributed by atoms with Crippen molar-refractivity contribution in [3.05, 3.63) is 69.8 Å². The first-order valence-electron chi connectivity index (χ1n) is 13.6. The molecular weight excluding hydrogens is 514 g/mol. The van der Waals surface area contributed by atoms with E-state index < -0.39 is 16.8 Å². The fourth-order valence-corrected chi connectivity index (χ4v) is 7.41. The molecule has 0 radical (unpaired) electrons. The Kier molecular flexibility index (Phi) is 5.29. The molecular formula is C30H27N3O7. The number of anilines is 2. The highest BCUT2D eigenvalue weighted by atomic mass is 16.6. The predicted octanol–water partition coefficient (Wildman–Crippen LogP) is 3.73. The highest BCUT2D eigenvalue weighted by molar-refractivity contribution is 6.23. The molecule has 10 heteroatoms. The Hall–Kier alpha value is -4.34. The molecule has 40 heavy (non-hydrogen) atoms. The van der Waals surface area contributed by atoms with Crippen molar-refractivity contribution >= 4 is 40.8 Å². The van der Waals surface area contributed by atoms with Crippen LogP contribution in [0.15, 0.2) is 48.6 Å². The molecule has 2 aromatic carbocycles. The maximum Gasteiger partial charge on any atom is 0.316 e. The first kappa shape index (κ1) is 24.7. The summed E-state index contributed by atoms with van der Waals surface area (Å²) in [5.41, 5.74) is 1.88. The van der Waals surface area contributed by atoms with Gasteiger partial charge >= 0.3 is 5.97 Å². The molecule has 0 aromatic heterocycles. The molecule has 10 nitrogen and oxygen atoms in total. The highest BCUT2D eigenvalue weighted by Crippen LogP contribution is 2.65. The van der Waals surface area contributed by atoms with E-state index in [-0.39, 0.29) is 65.8 Å². The van der Waals surface area contributed by atoms with Crippen LogP contribution in [-0.2, 0) is 19.2 Å². The fraction of sp³-hybridized carbons (Fsp3) is 0.400. The second-order valence-electron chi connectivity index (χ2n) is 11.7. The van der Waals surface area contributed by atoms with E-state index in [2.05, 4.69) is 12.2 Å². The molecule has 0 N–H and O–H groups in total. The number of aryl methyl sites for hydroxylation is 2. The van der Waals surface area contributed by atoms with Crippen molar-refractivity contribution in [1.29, 1.82) is 0 Å². The van der Waals surface area contributed by atoms with Gasteiger partial charge in [0.2, 0.25) is 17.7 Å². The molecule has 0 spiro atoms. The molecule has 3 amide bonds. The topological polar surface area (TPSA) is 127 Å². The molecule has 2 saturated heterocycles. The van der Waals surface area contributed by atoms with E-state index >= 15 is 0 Å². The number of benzene rings is 2. The summed E-state index contributed by atoms with van der Waals surface area (Å²) in [6.07, 6.45) is 5.30. The van der Waals surface area contributed by atoms with Gasteiger partial charge in [-0.3, -0.25) is 29.3 Å². The number of ether oxygens (including phenoxy) is 1. The third-order valence-electron chi connectivity index (χ3n) is 9.45. The number of carbonyl (C=O) groups is 4. The van der Waals surface area contributed by atoms with Gasteiger partial charge in [-0.2, -0.15) is 0 Å². The van der Waals surface area contributed by atoms with Gasteiger partial charge in [0.05, 0.1) is 34.1 Å². The van der Waals surface area contributed by atoms with E-state index in [0.717, 1.165) is 6.42 Å². The molecule has 2 bridgehead atoms. The quantitative estimate of drug-likeness (QED) is 0.141. The maximum atomic E-state index is 13.5. The van der Waals surface area contributed by atoms with Crippen molar-refractivity contribution in [3.8, 4) is 5.75 Å². The lowest BCUT2D eigenvalue weighted by Gasteiger charge is -2.37. The van der Waals surface area contributed by atoms with Crippen LogP contribution in [0.1, 0.15) is 24.0 Å². The zero-order valence-electron chi connectivity index (χ0n) is 22.0. The molecule has 2 saturated carbocycles. The van der Waals surface area contributed by atoms with Gasteiger partial charge in [-0.25, -0.2) is 4.90 Å². The smallest absolute Gasteiger partial charge is 0.316 e. The average Bonchev–Trinajstić information content (AvgIpc) is 3.60. The zero-order chi connectivity index (χ0) is 28.0. The molecule has 2 aromatic rings. The standard InChI is InChI=1S/C30H27N3O7/c1-14-3-4-17(11-24(14)33(38)39)31-13-16(10-25(31)34)30(37)40-18-5-8-23(15(2)9-18)32-28(35)26-19-6-7-20(22-12-21(19)22)27(26)29(32)36/h3-9,11,16,19-22,26-27H,10,12-13H2,1-2H3/t16-,19+,20+,21-,22+,26-,27+/m1/s1. The minimum atomic E-state index is -0.743. The van der Waals surface area contributed by atoms with E-state index in [9.17, 15) is 29.3 Å². The Bertz CT molecular complexity index is 1530. The van der Waals surface area contributed by atoms with Gasteiger partial charge in [-0.05, 0) is 73.8 Å². The molecule has 204 valence electrons. The van der Waals surface area contributed by atoms with Crippen LogP contribution in [0.3, 0.4) is 0 Å². The number of rotatable bonds is 5. The predicted molar refractivity (Wildman–Crippen MR) is 142 cm³/mol. The van der Waals surface area contributed by atoms with Crippen LogP contribution in [0, 0.1) is 65.4 Å². The van der Waals surface area contributed by atoms with Crippen LogP contribution >= 0.6 is 0 Å². The number of carbonyl (C=O) groups excluding carboxylic acids is 4. The SMILES string of the molecule is Cc1cc(OC(=O)[C@@H]2CC(=O)N(c3ccc(C)c([N+](=O)[O-])c3)C2)ccc1N1C(=O)[C@@H]2[C@H]3C=C[C@@H]([C@@H]4C[C@H]34)[C@@H]2C1=O. The van der Waals surface area contributed by atoms with Crippen LogP contribution in [0.2, 0.25) is 0 Å². The Labute approximate surface area is 229 Å². The molecule has 2 aliphatic heterocycles. The highest BCUT2D eigenvalue weighted by Gasteiger charge is 2.67. The lowest BCUT2D eigenvalue weighted by Crippen LogP contribution is -2.40. The van der Waals surface area contributed by atoms with Crippen molar-refractivity contribution in [2.45, 2.75) is 26.7 Å². The molecule has 6 aliphatic rings. The van der Waals surface area contributed by atoms with Crippen molar-refractivity contribution in [2.75, 3.05) is 16.3 Å². The van der Waals surface area contributed by atoms with Gasteiger partial charge in [0.25, 0.3) is 5.69 Å². The number of amides is 3. The number of nitrogens with zero attached hydrogens (tertiary/aromatic N) is 3. The fourth-order valence-electron chi connectivity index (χ4n) is 7.41. The van der Waals surface area contributed by atoms with Gasteiger partial charge in [0, 0.05) is 24.6 Å². The van der Waals surface area contributed by atoms with Crippen LogP contribution in [0.5, 0.6) is 5.75 Å². The molecule has 2 heterocycles. The lowest BCUT2D eigenvalue weighted by molar-refractivity contribution is -0.385. The second-order valence-corrected chi connectivity index (χ2v) is 11.7. The number of allylic oxidation sites excluding steroid dienone is 2. The average molecular weight is 542 g/mol. The minimum absolute atomic E-state index is 0.0485. The van der Waals surface area contributed by atoms with Gasteiger partial charge in [0.15, 0.2) is 0 Å². The summed E-state index contributed by atoms with van der Waals surface area (Å²) in [5.74, 6) is -0.946. The Morgan fingerprint density at radius 2 is 1.62 bits per heavy atom. The normalized spacial score (nSPS) is 31.4. The van der Waals surface area contributed by atoms with Gasteiger partial charge in [-0.15, -0.1) is 0 Å². The Morgan fingerprint density at radius 3 is 2.25 bits per heavy atom. The number of esters is 1. The van der Waals surface area contributed by atoms with Gasteiger partial charge in [0.1, 0.15) is 5.75 Å². The first-order valence-corrected chi connectivity index (χ1v) is 13.6. The summed E-state index contributed by atoms with van der Waals surface area (Å²) in [6, 6.07) is 9.36. The van der Waals surface area contributed by atoms with Crippen LogP contribution in [0.4, 0.5) is 17.1 Å². The summed E-state index contributed by atoms with van der Waals surface area (Å²) in [7, 11) is 0. The van der Waals surface area contributed by atoms with Crippen molar-refractivity contribution < 1.29 is 28.8 Å². The van der Waals surface area contributed by atoms with Gasteiger partial charge in [-0.1, -0.05) is 18.2 Å². The molecule has 8 rings (SSSR count). The summed E-state index contributed by atoms with van der Waals surface area (Å²) < 4.78 is 5.60. The van der Waals surface area contributed by atoms with E-state index in [1.54, 1.807) is 44.2 Å². The molecule has 4 fully saturated rings. The number of nitro benzene ring substituents is 1. The zero-order valence-corrected chi connectivity index (χ0v) is 22.0. The third kappa shape index (κ3) is 3.54. The Balaban J connectivity index is 1.06. The third-order valence-corrected chi connectivity index (χ3v) is 9.45. The number of nitro groups is 1. The monoisotopic (exact) mass is 541 g/mol. The van der Waals surface area contributed by atoms with E-state index in [4.69, 9.17) is 4.74 Å². The summed E-state index contributed by atoms with van der Waals surface area (Å²) in [4.78, 5) is 66.1. The van der Waals surface area contributed by atoms with Crippen LogP contribution in [0.25, 0.3) is 0 Å². The first-order chi connectivity index (χ1) is 19.1. The summed E-state index contributed by atoms with van der Waals surface area (Å²) in [6.45, 7) is 3.44. The van der Waals surface area contributed by atoms with Crippen LogP contribution in [-0.4, -0.2) is 35.2 Å². The second kappa shape index (κ2) is 8.58. The Morgan fingerprint density at radius 1 is 0.950 bits per heavy atom. The van der Waals surface area contributed by atoms with E-state index in [1.165, 1.54) is 15.9 Å². The van der Waals surface area contributed by atoms with Crippen molar-refractivity contribution in [2.24, 2.45) is 41.4 Å². The van der Waals surface area contributed by atoms with Crippen molar-refractivity contribution in [1.82, 2.24) is 0 Å². The maximum absolute atomic E-state index is 13.5. The minimum Gasteiger partial charge on any atom is -0.426 e. The summed E-state index contributed by atoms with van der Waals surface area (Å²) in [5, 5.41) is 11.3. The number of hydrogen-bond donors (Lipinski definition) is 0. The molecule has 0 unspecified atom stereocenters. The number of imide groups is 1. The molecule has 7 atom stereocenters. The number of hydrogen-bond acceptors (Lipinski definition) is 7. The van der Waals surface area contributed by atoms with E-state index in [1.807, 2.05) is 0 Å². The van der Waals surface area contributed by atoms with Gasteiger partial charge < -0.3 is 9.64 Å². The van der Waals surface area contributed by atoms with Crippen molar-refractivity contribution in [3.63, 3.8) is 0 Å². The molecule has 4 aliphatic carbocycles. The van der Waals surface area contributed by atoms with E-state index in [0.29, 0.717) is 34.3 Å². The van der Waals surface area contributed by atoms with Crippen LogP contribution < -0.4 is 14.5 Å². The largest absolute Gasteiger partial charge is 0.426 e. The summed E-state index contributed by atoms with van der Waals surface area (Å²) >= 11 is 0.